The van der Waals surface area contributed by atoms with Crippen LogP contribution in [0.4, 0.5) is 11.4 Å². The van der Waals surface area contributed by atoms with Crippen LogP contribution < -0.4 is 5.32 Å². The van der Waals surface area contributed by atoms with E-state index >= 15 is 0 Å². The number of nitrogens with one attached hydrogen (secondary N) is 1. The normalized spacial score (nSPS) is 13.4. The van der Waals surface area contributed by atoms with Crippen molar-refractivity contribution in [2.45, 2.75) is 19.3 Å². The molecule has 2 heteroatoms. The standard InChI is InChI=1S/C51H36N2/c1-51(2)44-20-10-8-18-40(44)50-36(19-12-21-45(50)51)34-24-27-47-42(31-34)38-16-7-6-15-37(38)41-29-32(23-26-46(41)52-47)33-25-28-49-43(30-33)39-17-9-11-22-48(39)53(49)35-13-4-3-5-14-35/h3-31,52H,1-2H3. The number of para-hydroxylation sites is 2. The quantitative estimate of drug-likeness (QED) is 0.197. The minimum atomic E-state index is -0.0371. The first-order chi connectivity index (χ1) is 26.0. The average Bonchev–Trinajstić information content (AvgIpc) is 3.61. The second-order valence-electron chi connectivity index (χ2n) is 15.0. The molecule has 0 saturated heterocycles. The van der Waals surface area contributed by atoms with Crippen LogP contribution in [0.1, 0.15) is 25.0 Å². The van der Waals surface area contributed by atoms with Crippen molar-refractivity contribution < 1.29 is 0 Å². The van der Waals surface area contributed by atoms with Gasteiger partial charge in [-0.1, -0.05) is 135 Å². The van der Waals surface area contributed by atoms with Gasteiger partial charge in [0, 0.05) is 44.4 Å². The van der Waals surface area contributed by atoms with Crippen LogP contribution in [0, 0.1) is 0 Å². The van der Waals surface area contributed by atoms with E-state index in [0.717, 1.165) is 11.4 Å². The van der Waals surface area contributed by atoms with Crippen LogP contribution in [0.25, 0.3) is 83.1 Å². The first kappa shape index (κ1) is 30.0. The number of aromatic nitrogens is 1. The number of rotatable bonds is 3. The zero-order valence-electron chi connectivity index (χ0n) is 29.7. The molecule has 1 N–H and O–H groups in total. The summed E-state index contributed by atoms with van der Waals surface area (Å²) < 4.78 is 2.38. The van der Waals surface area contributed by atoms with Crippen molar-refractivity contribution in [2.24, 2.45) is 0 Å². The molecule has 8 aromatic carbocycles. The number of nitrogens with zero attached hydrogens (tertiary/aromatic N) is 1. The number of fused-ring (bicyclic) bond motifs is 11. The van der Waals surface area contributed by atoms with E-state index in [-0.39, 0.29) is 5.41 Å². The lowest BCUT2D eigenvalue weighted by molar-refractivity contribution is 0.660. The highest BCUT2D eigenvalue weighted by Crippen LogP contribution is 2.53. The summed E-state index contributed by atoms with van der Waals surface area (Å²) >= 11 is 0. The molecule has 11 rings (SSSR count). The number of anilines is 2. The van der Waals surface area contributed by atoms with Crippen LogP contribution >= 0.6 is 0 Å². The van der Waals surface area contributed by atoms with E-state index in [1.54, 1.807) is 0 Å². The lowest BCUT2D eigenvalue weighted by Gasteiger charge is -2.21. The molecule has 1 aliphatic heterocycles. The SMILES string of the molecule is CC1(C)c2ccccc2-c2c(-c3ccc4c(c3)-c3ccccc3-c3cc(-c5ccc6c(c5)c5ccccc5n6-c5ccccc5)ccc3N4)cccc21. The molecule has 0 fully saturated rings. The maximum atomic E-state index is 3.86. The lowest BCUT2D eigenvalue weighted by Crippen LogP contribution is -2.14. The Bertz CT molecular complexity index is 2940. The summed E-state index contributed by atoms with van der Waals surface area (Å²) in [5, 5.41) is 6.38. The van der Waals surface area contributed by atoms with Crippen molar-refractivity contribution in [1.82, 2.24) is 4.57 Å². The summed E-state index contributed by atoms with van der Waals surface area (Å²) in [4.78, 5) is 0. The van der Waals surface area contributed by atoms with Crippen molar-refractivity contribution >= 4 is 33.2 Å². The summed E-state index contributed by atoms with van der Waals surface area (Å²) in [5.41, 5.74) is 21.1. The monoisotopic (exact) mass is 676 g/mol. The summed E-state index contributed by atoms with van der Waals surface area (Å²) in [5.74, 6) is 0. The third-order valence-corrected chi connectivity index (χ3v) is 11.8. The van der Waals surface area contributed by atoms with Crippen molar-refractivity contribution in [3.8, 4) is 61.3 Å². The molecule has 0 amide bonds. The van der Waals surface area contributed by atoms with Crippen LogP contribution in [-0.2, 0) is 5.41 Å². The fourth-order valence-corrected chi connectivity index (χ4v) is 9.20. The van der Waals surface area contributed by atoms with E-state index in [1.165, 1.54) is 94.3 Å². The first-order valence-electron chi connectivity index (χ1n) is 18.5. The molecule has 1 aliphatic carbocycles. The Hall–Kier alpha value is -6.64. The Labute approximate surface area is 309 Å². The molecule has 2 aliphatic rings. The molecule has 2 heterocycles. The van der Waals surface area contributed by atoms with E-state index < -0.39 is 0 Å². The minimum Gasteiger partial charge on any atom is -0.355 e. The molecule has 2 nitrogen and oxygen atoms in total. The zero-order chi connectivity index (χ0) is 35.3. The van der Waals surface area contributed by atoms with Gasteiger partial charge in [-0.2, -0.15) is 0 Å². The lowest BCUT2D eigenvalue weighted by atomic mass is 9.82. The van der Waals surface area contributed by atoms with Gasteiger partial charge in [-0.3, -0.25) is 0 Å². The fourth-order valence-electron chi connectivity index (χ4n) is 9.20. The topological polar surface area (TPSA) is 17.0 Å². The third kappa shape index (κ3) is 4.39. The number of hydrogen-bond donors (Lipinski definition) is 1. The van der Waals surface area contributed by atoms with E-state index in [4.69, 9.17) is 0 Å². The van der Waals surface area contributed by atoms with Gasteiger partial charge >= 0.3 is 0 Å². The maximum absolute atomic E-state index is 3.86. The van der Waals surface area contributed by atoms with Gasteiger partial charge in [-0.15, -0.1) is 0 Å². The van der Waals surface area contributed by atoms with Crippen molar-refractivity contribution in [1.29, 1.82) is 0 Å². The minimum absolute atomic E-state index is 0.0371. The zero-order valence-corrected chi connectivity index (χ0v) is 29.7. The van der Waals surface area contributed by atoms with Gasteiger partial charge in [0.05, 0.1) is 11.0 Å². The molecular weight excluding hydrogens is 641 g/mol. The maximum Gasteiger partial charge on any atom is 0.0541 e. The summed E-state index contributed by atoms with van der Waals surface area (Å²) in [6.45, 7) is 4.70. The molecule has 0 unspecified atom stereocenters. The summed E-state index contributed by atoms with van der Waals surface area (Å²) in [7, 11) is 0. The molecular formula is C51H36N2. The second kappa shape index (κ2) is 11.2. The molecule has 250 valence electrons. The average molecular weight is 677 g/mol. The molecule has 53 heavy (non-hydrogen) atoms. The Balaban J connectivity index is 1.04. The van der Waals surface area contributed by atoms with E-state index in [0.29, 0.717) is 0 Å². The van der Waals surface area contributed by atoms with Gasteiger partial charge < -0.3 is 9.88 Å². The predicted molar refractivity (Wildman–Crippen MR) is 223 cm³/mol. The largest absolute Gasteiger partial charge is 0.355 e. The first-order valence-corrected chi connectivity index (χ1v) is 18.5. The van der Waals surface area contributed by atoms with Gasteiger partial charge in [0.1, 0.15) is 0 Å². The van der Waals surface area contributed by atoms with Crippen molar-refractivity contribution in [3.05, 3.63) is 187 Å². The molecule has 0 bridgehead atoms. The highest BCUT2D eigenvalue weighted by molar-refractivity contribution is 6.11. The Morgan fingerprint density at radius 3 is 1.75 bits per heavy atom. The van der Waals surface area contributed by atoms with Gasteiger partial charge in [-0.05, 0) is 110 Å². The highest BCUT2D eigenvalue weighted by atomic mass is 15.0. The number of benzene rings is 8. The molecule has 0 spiro atoms. The number of hydrogen-bond acceptors (Lipinski definition) is 1. The van der Waals surface area contributed by atoms with Gasteiger partial charge in [0.25, 0.3) is 0 Å². The van der Waals surface area contributed by atoms with Crippen molar-refractivity contribution in [2.75, 3.05) is 5.32 Å². The van der Waals surface area contributed by atoms with E-state index in [9.17, 15) is 0 Å². The summed E-state index contributed by atoms with van der Waals surface area (Å²) in [6.07, 6.45) is 0. The molecule has 1 aromatic heterocycles. The van der Waals surface area contributed by atoms with E-state index in [1.807, 2.05) is 0 Å². The summed E-state index contributed by atoms with van der Waals surface area (Å²) in [6, 6.07) is 64.8. The van der Waals surface area contributed by atoms with E-state index in [2.05, 4.69) is 200 Å². The van der Waals surface area contributed by atoms with Crippen LogP contribution in [0.2, 0.25) is 0 Å². The molecule has 9 aromatic rings. The molecule has 0 saturated carbocycles. The van der Waals surface area contributed by atoms with Crippen LogP contribution in [0.5, 0.6) is 0 Å². The molecule has 0 radical (unpaired) electrons. The predicted octanol–water partition coefficient (Wildman–Crippen LogP) is 13.8. The fraction of sp³-hybridized carbons (Fsp3) is 0.0588. The highest BCUT2D eigenvalue weighted by Gasteiger charge is 2.36. The van der Waals surface area contributed by atoms with Gasteiger partial charge in [0.2, 0.25) is 0 Å². The van der Waals surface area contributed by atoms with Crippen molar-refractivity contribution in [3.63, 3.8) is 0 Å². The Morgan fingerprint density at radius 2 is 0.962 bits per heavy atom. The third-order valence-electron chi connectivity index (χ3n) is 11.8. The van der Waals surface area contributed by atoms with Crippen LogP contribution in [-0.4, -0.2) is 4.57 Å². The Kier molecular flexibility index (Phi) is 6.33. The van der Waals surface area contributed by atoms with Gasteiger partial charge in [0.15, 0.2) is 0 Å². The molecule has 0 atom stereocenters. The second-order valence-corrected chi connectivity index (χ2v) is 15.0. The smallest absolute Gasteiger partial charge is 0.0541 e. The Morgan fingerprint density at radius 1 is 0.396 bits per heavy atom. The van der Waals surface area contributed by atoms with Crippen LogP contribution in [0.15, 0.2) is 176 Å². The van der Waals surface area contributed by atoms with Crippen LogP contribution in [0.3, 0.4) is 0 Å². The van der Waals surface area contributed by atoms with Gasteiger partial charge in [-0.25, -0.2) is 0 Å².